The van der Waals surface area contributed by atoms with Gasteiger partial charge in [-0.05, 0) is 54.4 Å². The van der Waals surface area contributed by atoms with E-state index in [9.17, 15) is 9.59 Å². The van der Waals surface area contributed by atoms with Crippen LogP contribution in [0.25, 0.3) is 0 Å². The van der Waals surface area contributed by atoms with Crippen molar-refractivity contribution in [3.05, 3.63) is 0 Å². The van der Waals surface area contributed by atoms with Gasteiger partial charge in [0.25, 0.3) is 0 Å². The quantitative estimate of drug-likeness (QED) is 0.202. The standard InChI is InChI=1S/C19H37N5O3.HI/c1-7-20-16(21-11-9-13-24-12-8-10-15(24)25)22-14-19(5,6)23-17(26)27-18(2,3)4;/h7-14H2,1-6H3,(H,23,26)(H2,20,21,22);1H. The van der Waals surface area contributed by atoms with Crippen molar-refractivity contribution in [1.29, 1.82) is 0 Å². The zero-order chi connectivity index (χ0) is 20.5. The molecule has 28 heavy (non-hydrogen) atoms. The van der Waals surface area contributed by atoms with Crippen LogP contribution in [0.4, 0.5) is 4.79 Å². The van der Waals surface area contributed by atoms with Gasteiger partial charge in [-0.1, -0.05) is 0 Å². The molecule has 1 heterocycles. The lowest BCUT2D eigenvalue weighted by molar-refractivity contribution is -0.127. The maximum atomic E-state index is 12.0. The number of likely N-dealkylation sites (tertiary alicyclic amines) is 1. The summed E-state index contributed by atoms with van der Waals surface area (Å²) in [7, 11) is 0. The molecule has 1 rings (SSSR count). The topological polar surface area (TPSA) is 95.1 Å². The SMILES string of the molecule is CCNC(=NCC(C)(C)NC(=O)OC(C)(C)C)NCCCN1CCCC1=O.I. The van der Waals surface area contributed by atoms with Crippen LogP contribution >= 0.6 is 24.0 Å². The molecule has 0 radical (unpaired) electrons. The Balaban J connectivity index is 0.00000729. The minimum Gasteiger partial charge on any atom is -0.444 e. The van der Waals surface area contributed by atoms with E-state index in [0.29, 0.717) is 18.9 Å². The fourth-order valence-electron chi connectivity index (χ4n) is 2.66. The summed E-state index contributed by atoms with van der Waals surface area (Å²) < 4.78 is 5.30. The Morgan fingerprint density at radius 3 is 2.43 bits per heavy atom. The summed E-state index contributed by atoms with van der Waals surface area (Å²) in [4.78, 5) is 30.1. The molecule has 2 amide bonds. The summed E-state index contributed by atoms with van der Waals surface area (Å²) in [6.07, 6.45) is 2.07. The van der Waals surface area contributed by atoms with Crippen LogP contribution in [0, 0.1) is 0 Å². The molecule has 0 aromatic rings. The second-order valence-electron chi connectivity index (χ2n) is 8.47. The average molecular weight is 511 g/mol. The van der Waals surface area contributed by atoms with Crippen molar-refractivity contribution in [3.8, 4) is 0 Å². The lowest BCUT2D eigenvalue weighted by Gasteiger charge is -2.27. The number of carbonyl (C=O) groups is 2. The summed E-state index contributed by atoms with van der Waals surface area (Å²) >= 11 is 0. The third-order valence-corrected chi connectivity index (χ3v) is 3.88. The number of alkyl carbamates (subject to hydrolysis) is 1. The lowest BCUT2D eigenvalue weighted by atomic mass is 10.1. The fourth-order valence-corrected chi connectivity index (χ4v) is 2.66. The Morgan fingerprint density at radius 1 is 1.21 bits per heavy atom. The number of hydrogen-bond donors (Lipinski definition) is 3. The van der Waals surface area contributed by atoms with E-state index in [1.165, 1.54) is 0 Å². The predicted molar refractivity (Wildman–Crippen MR) is 123 cm³/mol. The molecular weight excluding hydrogens is 473 g/mol. The number of amides is 2. The van der Waals surface area contributed by atoms with Crippen molar-refractivity contribution in [1.82, 2.24) is 20.9 Å². The summed E-state index contributed by atoms with van der Waals surface area (Å²) in [6.45, 7) is 14.9. The van der Waals surface area contributed by atoms with Crippen LogP contribution in [0.1, 0.15) is 60.8 Å². The van der Waals surface area contributed by atoms with Gasteiger partial charge in [-0.25, -0.2) is 4.79 Å². The fraction of sp³-hybridized carbons (Fsp3) is 0.842. The van der Waals surface area contributed by atoms with Gasteiger partial charge in [0.1, 0.15) is 5.60 Å². The molecular formula is C19H38IN5O3. The van der Waals surface area contributed by atoms with E-state index < -0.39 is 17.2 Å². The number of rotatable bonds is 8. The van der Waals surface area contributed by atoms with Crippen molar-refractivity contribution >= 4 is 41.9 Å². The van der Waals surface area contributed by atoms with Gasteiger partial charge in [-0.2, -0.15) is 0 Å². The second kappa shape index (κ2) is 12.3. The van der Waals surface area contributed by atoms with Crippen molar-refractivity contribution in [2.75, 3.05) is 32.7 Å². The number of nitrogens with one attached hydrogen (secondary N) is 3. The van der Waals surface area contributed by atoms with E-state index in [1.54, 1.807) is 0 Å². The third-order valence-electron chi connectivity index (χ3n) is 3.88. The number of nitrogens with zero attached hydrogens (tertiary/aromatic N) is 2. The van der Waals surface area contributed by atoms with Crippen molar-refractivity contribution < 1.29 is 14.3 Å². The first-order chi connectivity index (χ1) is 12.5. The molecule has 0 aromatic heterocycles. The Hall–Kier alpha value is -1.26. The Morgan fingerprint density at radius 2 is 1.89 bits per heavy atom. The van der Waals surface area contributed by atoms with Gasteiger partial charge >= 0.3 is 6.09 Å². The smallest absolute Gasteiger partial charge is 0.408 e. The first-order valence-electron chi connectivity index (χ1n) is 9.83. The maximum Gasteiger partial charge on any atom is 0.408 e. The highest BCUT2D eigenvalue weighted by atomic mass is 127. The molecule has 9 heteroatoms. The van der Waals surface area contributed by atoms with E-state index in [0.717, 1.165) is 39.0 Å². The average Bonchev–Trinajstić information content (AvgIpc) is 2.91. The summed E-state index contributed by atoms with van der Waals surface area (Å²) in [6, 6.07) is 0. The minimum absolute atomic E-state index is 0. The zero-order valence-corrected chi connectivity index (χ0v) is 20.5. The van der Waals surface area contributed by atoms with Crippen LogP contribution in [0.15, 0.2) is 4.99 Å². The van der Waals surface area contributed by atoms with Gasteiger partial charge in [0.05, 0.1) is 12.1 Å². The maximum absolute atomic E-state index is 12.0. The third kappa shape index (κ3) is 11.6. The summed E-state index contributed by atoms with van der Waals surface area (Å²) in [5.41, 5.74) is -1.07. The molecule has 0 aromatic carbocycles. The van der Waals surface area contributed by atoms with Crippen LogP contribution in [0.5, 0.6) is 0 Å². The van der Waals surface area contributed by atoms with E-state index in [2.05, 4.69) is 20.9 Å². The highest BCUT2D eigenvalue weighted by molar-refractivity contribution is 14.0. The normalized spacial score (nSPS) is 15.1. The van der Waals surface area contributed by atoms with Crippen LogP contribution in [-0.2, 0) is 9.53 Å². The molecule has 3 N–H and O–H groups in total. The molecule has 164 valence electrons. The molecule has 0 saturated carbocycles. The monoisotopic (exact) mass is 511 g/mol. The highest BCUT2D eigenvalue weighted by Crippen LogP contribution is 2.10. The molecule has 1 fully saturated rings. The number of carbonyl (C=O) groups excluding carboxylic acids is 2. The molecule has 1 saturated heterocycles. The van der Waals surface area contributed by atoms with Gasteiger partial charge < -0.3 is 25.6 Å². The van der Waals surface area contributed by atoms with Crippen LogP contribution < -0.4 is 16.0 Å². The second-order valence-corrected chi connectivity index (χ2v) is 8.47. The summed E-state index contributed by atoms with van der Waals surface area (Å²) in [5, 5.41) is 9.33. The first-order valence-corrected chi connectivity index (χ1v) is 9.83. The van der Waals surface area contributed by atoms with Gasteiger partial charge in [-0.3, -0.25) is 9.79 Å². The highest BCUT2D eigenvalue weighted by Gasteiger charge is 2.24. The molecule has 0 aliphatic carbocycles. The summed E-state index contributed by atoms with van der Waals surface area (Å²) in [5.74, 6) is 0.954. The minimum atomic E-state index is -0.535. The number of aliphatic imine (C=N–C) groups is 1. The van der Waals surface area contributed by atoms with E-state index in [4.69, 9.17) is 4.74 Å². The molecule has 0 spiro atoms. The molecule has 0 unspecified atom stereocenters. The molecule has 1 aliphatic heterocycles. The molecule has 0 atom stereocenters. The largest absolute Gasteiger partial charge is 0.444 e. The predicted octanol–water partition coefficient (Wildman–Crippen LogP) is 2.48. The lowest BCUT2D eigenvalue weighted by Crippen LogP contribution is -2.49. The van der Waals surface area contributed by atoms with Gasteiger partial charge in [0, 0.05) is 32.6 Å². The number of ether oxygens (including phenoxy) is 1. The van der Waals surface area contributed by atoms with E-state index in [-0.39, 0.29) is 29.9 Å². The Kier molecular flexibility index (Phi) is 11.8. The Labute approximate surface area is 186 Å². The number of guanidine groups is 1. The van der Waals surface area contributed by atoms with Gasteiger partial charge in [0.2, 0.25) is 5.91 Å². The van der Waals surface area contributed by atoms with Crippen LogP contribution in [0.2, 0.25) is 0 Å². The molecule has 0 bridgehead atoms. The zero-order valence-electron chi connectivity index (χ0n) is 18.2. The van der Waals surface area contributed by atoms with Crippen LogP contribution in [-0.4, -0.2) is 66.7 Å². The molecule has 1 aliphatic rings. The van der Waals surface area contributed by atoms with E-state index >= 15 is 0 Å². The number of halogens is 1. The molecule has 8 nitrogen and oxygen atoms in total. The number of hydrogen-bond acceptors (Lipinski definition) is 4. The van der Waals surface area contributed by atoms with Crippen molar-refractivity contribution in [3.63, 3.8) is 0 Å². The Bertz CT molecular complexity index is 532. The first kappa shape index (κ1) is 26.7. The van der Waals surface area contributed by atoms with Gasteiger partial charge in [0.15, 0.2) is 5.96 Å². The van der Waals surface area contributed by atoms with Crippen molar-refractivity contribution in [2.24, 2.45) is 4.99 Å². The van der Waals surface area contributed by atoms with Crippen LogP contribution in [0.3, 0.4) is 0 Å². The van der Waals surface area contributed by atoms with Gasteiger partial charge in [-0.15, -0.1) is 24.0 Å². The van der Waals surface area contributed by atoms with Crippen molar-refractivity contribution in [2.45, 2.75) is 71.9 Å². The van der Waals surface area contributed by atoms with E-state index in [1.807, 2.05) is 46.4 Å².